The first kappa shape index (κ1) is 19.1. The zero-order valence-electron chi connectivity index (χ0n) is 15.5. The maximum atomic E-state index is 11.0. The van der Waals surface area contributed by atoms with Gasteiger partial charge in [0.2, 0.25) is 0 Å². The smallest absolute Gasteiger partial charge is 0.302 e. The minimum Gasteiger partial charge on any atom is -0.462 e. The molecule has 3 aromatic carbocycles. The molecule has 0 aliphatic carbocycles. The van der Waals surface area contributed by atoms with Gasteiger partial charge in [-0.05, 0) is 48.6 Å². The van der Waals surface area contributed by atoms with Crippen LogP contribution < -0.4 is 15.9 Å². The maximum absolute atomic E-state index is 11.0. The quantitative estimate of drug-likeness (QED) is 0.353. The van der Waals surface area contributed by atoms with Gasteiger partial charge >= 0.3 is 5.97 Å². The van der Waals surface area contributed by atoms with Crippen molar-refractivity contribution < 1.29 is 9.53 Å². The lowest BCUT2D eigenvalue weighted by molar-refractivity contribution is -0.139. The molecule has 0 aliphatic rings. The molecule has 0 aromatic heterocycles. The third-order valence-corrected chi connectivity index (χ3v) is 8.82. The Kier molecular flexibility index (Phi) is 6.57. The number of ether oxygens (including phenoxy) is 1. The van der Waals surface area contributed by atoms with Crippen molar-refractivity contribution in [3.8, 4) is 0 Å². The van der Waals surface area contributed by atoms with Crippen molar-refractivity contribution in [2.45, 2.75) is 6.92 Å². The normalized spacial score (nSPS) is 11.4. The van der Waals surface area contributed by atoms with Crippen molar-refractivity contribution in [2.75, 3.05) is 12.8 Å². The topological polar surface area (TPSA) is 26.3 Å². The van der Waals surface area contributed by atoms with Gasteiger partial charge in [0.1, 0.15) is 29.8 Å². The molecular formula is C24H24O2P+. The summed E-state index contributed by atoms with van der Waals surface area (Å²) < 4.78 is 5.06. The Morgan fingerprint density at radius 3 is 1.52 bits per heavy atom. The predicted molar refractivity (Wildman–Crippen MR) is 116 cm³/mol. The molecular weight excluding hydrogens is 351 g/mol. The third-order valence-electron chi connectivity index (χ3n) is 4.52. The largest absolute Gasteiger partial charge is 0.462 e. The van der Waals surface area contributed by atoms with Crippen molar-refractivity contribution >= 4 is 29.1 Å². The molecule has 3 heteroatoms. The second kappa shape index (κ2) is 9.30. The monoisotopic (exact) mass is 375 g/mol. The first-order valence-electron chi connectivity index (χ1n) is 9.07. The fourth-order valence-electron chi connectivity index (χ4n) is 3.28. The number of hydrogen-bond acceptors (Lipinski definition) is 2. The molecule has 3 rings (SSSR count). The number of allylic oxidation sites excluding steroid dienone is 1. The number of esters is 1. The minimum absolute atomic E-state index is 0.255. The van der Waals surface area contributed by atoms with Gasteiger partial charge in [0, 0.05) is 6.92 Å². The molecule has 3 aromatic rings. The van der Waals surface area contributed by atoms with Gasteiger partial charge in [-0.1, -0.05) is 54.6 Å². The minimum atomic E-state index is -1.84. The number of hydrogen-bond donors (Lipinski definition) is 0. The van der Waals surface area contributed by atoms with Crippen LogP contribution in [0.2, 0.25) is 0 Å². The van der Waals surface area contributed by atoms with Crippen LogP contribution >= 0.6 is 7.26 Å². The van der Waals surface area contributed by atoms with Gasteiger partial charge in [0.15, 0.2) is 0 Å². The molecule has 0 aliphatic heterocycles. The average molecular weight is 375 g/mol. The number of carbonyl (C=O) groups excluding carboxylic acids is 1. The molecule has 0 unspecified atom stereocenters. The van der Waals surface area contributed by atoms with E-state index in [9.17, 15) is 4.79 Å². The summed E-state index contributed by atoms with van der Waals surface area (Å²) in [5.74, 6) is -0.255. The summed E-state index contributed by atoms with van der Waals surface area (Å²) in [6.07, 6.45) is 4.99. The molecule has 0 N–H and O–H groups in total. The van der Waals surface area contributed by atoms with E-state index < -0.39 is 7.26 Å². The van der Waals surface area contributed by atoms with E-state index in [1.54, 1.807) is 0 Å². The van der Waals surface area contributed by atoms with Crippen molar-refractivity contribution in [2.24, 2.45) is 0 Å². The molecule has 0 heterocycles. The Balaban J connectivity index is 2.10. The van der Waals surface area contributed by atoms with Crippen LogP contribution in [0.25, 0.3) is 0 Å². The van der Waals surface area contributed by atoms with Crippen LogP contribution in [-0.2, 0) is 9.53 Å². The van der Waals surface area contributed by atoms with E-state index in [0.717, 1.165) is 6.16 Å². The molecule has 0 amide bonds. The van der Waals surface area contributed by atoms with E-state index in [1.807, 2.05) is 6.08 Å². The molecule has 0 fully saturated rings. The Morgan fingerprint density at radius 2 is 1.15 bits per heavy atom. The van der Waals surface area contributed by atoms with E-state index >= 15 is 0 Å². The predicted octanol–water partition coefficient (Wildman–Crippen LogP) is 4.10. The van der Waals surface area contributed by atoms with Crippen LogP contribution in [0.15, 0.2) is 103 Å². The fraction of sp³-hybridized carbons (Fsp3) is 0.125. The summed E-state index contributed by atoms with van der Waals surface area (Å²) in [4.78, 5) is 11.0. The average Bonchev–Trinajstić information content (AvgIpc) is 2.73. The van der Waals surface area contributed by atoms with E-state index in [4.69, 9.17) is 4.74 Å². The molecule has 0 bridgehead atoms. The van der Waals surface area contributed by atoms with Crippen LogP contribution in [0.3, 0.4) is 0 Å². The molecule has 0 atom stereocenters. The van der Waals surface area contributed by atoms with Gasteiger partial charge in [-0.2, -0.15) is 0 Å². The Morgan fingerprint density at radius 1 is 0.741 bits per heavy atom. The van der Waals surface area contributed by atoms with E-state index in [0.29, 0.717) is 6.61 Å². The number of carbonyl (C=O) groups is 1. The van der Waals surface area contributed by atoms with Gasteiger partial charge < -0.3 is 4.74 Å². The zero-order valence-corrected chi connectivity index (χ0v) is 16.4. The zero-order chi connectivity index (χ0) is 19.0. The summed E-state index contributed by atoms with van der Waals surface area (Å²) in [6.45, 7) is 1.75. The lowest BCUT2D eigenvalue weighted by Gasteiger charge is -2.26. The van der Waals surface area contributed by atoms with Crippen LogP contribution in [0.4, 0.5) is 0 Å². The van der Waals surface area contributed by atoms with Gasteiger partial charge in [-0.15, -0.1) is 0 Å². The third kappa shape index (κ3) is 4.53. The highest BCUT2D eigenvalue weighted by Crippen LogP contribution is 2.55. The molecule has 27 heavy (non-hydrogen) atoms. The first-order chi connectivity index (χ1) is 13.2. The Bertz CT molecular complexity index is 777. The van der Waals surface area contributed by atoms with Crippen molar-refractivity contribution in [3.63, 3.8) is 0 Å². The van der Waals surface area contributed by atoms with Crippen LogP contribution in [-0.4, -0.2) is 18.7 Å². The van der Waals surface area contributed by atoms with Crippen LogP contribution in [0.1, 0.15) is 6.92 Å². The highest BCUT2D eigenvalue weighted by Gasteiger charge is 2.43. The van der Waals surface area contributed by atoms with E-state index in [1.165, 1.54) is 22.8 Å². The number of benzene rings is 3. The standard InChI is InChI=1S/C24H24O2P/c1-21(25)26-19-11-12-20-27(22-13-5-2-6-14-22,23-15-7-3-8-16-23)24-17-9-4-10-18-24/h2-18H,19-20H2,1H3/q+1. The van der Waals surface area contributed by atoms with Gasteiger partial charge in [0.25, 0.3) is 0 Å². The number of rotatable bonds is 7. The molecule has 136 valence electrons. The Hall–Kier alpha value is -2.70. The van der Waals surface area contributed by atoms with Gasteiger partial charge in [0.05, 0.1) is 6.16 Å². The van der Waals surface area contributed by atoms with Crippen LogP contribution in [0.5, 0.6) is 0 Å². The summed E-state index contributed by atoms with van der Waals surface area (Å²) in [5, 5.41) is 4.04. The van der Waals surface area contributed by atoms with E-state index in [2.05, 4.69) is 97.1 Å². The maximum Gasteiger partial charge on any atom is 0.302 e. The lowest BCUT2D eigenvalue weighted by Crippen LogP contribution is -2.32. The second-order valence-corrected chi connectivity index (χ2v) is 9.81. The highest BCUT2D eigenvalue weighted by molar-refractivity contribution is 7.95. The van der Waals surface area contributed by atoms with Crippen molar-refractivity contribution in [1.82, 2.24) is 0 Å². The summed E-state index contributed by atoms with van der Waals surface area (Å²) in [6, 6.07) is 32.2. The summed E-state index contributed by atoms with van der Waals surface area (Å²) >= 11 is 0. The summed E-state index contributed by atoms with van der Waals surface area (Å²) in [5.41, 5.74) is 0. The van der Waals surface area contributed by atoms with Crippen LogP contribution in [0, 0.1) is 0 Å². The Labute approximate surface area is 161 Å². The highest BCUT2D eigenvalue weighted by atomic mass is 31.2. The molecule has 0 saturated heterocycles. The summed E-state index contributed by atoms with van der Waals surface area (Å²) in [7, 11) is -1.84. The second-order valence-electron chi connectivity index (χ2n) is 6.27. The molecule has 0 saturated carbocycles. The van der Waals surface area contributed by atoms with Gasteiger partial charge in [-0.25, -0.2) is 0 Å². The fourth-order valence-corrected chi connectivity index (χ4v) is 7.31. The van der Waals surface area contributed by atoms with Crippen molar-refractivity contribution in [1.29, 1.82) is 0 Å². The SMILES string of the molecule is CC(=O)OCC=CC[P+](c1ccccc1)(c1ccccc1)c1ccccc1. The lowest BCUT2D eigenvalue weighted by atomic mass is 10.4. The van der Waals surface area contributed by atoms with Crippen molar-refractivity contribution in [3.05, 3.63) is 103 Å². The molecule has 0 radical (unpaired) electrons. The first-order valence-corrected chi connectivity index (χ1v) is 11.0. The molecule has 2 nitrogen and oxygen atoms in total. The molecule has 0 spiro atoms. The van der Waals surface area contributed by atoms with E-state index in [-0.39, 0.29) is 5.97 Å². The van der Waals surface area contributed by atoms with Gasteiger partial charge in [-0.3, -0.25) is 4.79 Å².